The highest BCUT2D eigenvalue weighted by atomic mass is 32.2. The van der Waals surface area contributed by atoms with Crippen LogP contribution in [0.25, 0.3) is 22.3 Å². The van der Waals surface area contributed by atoms with Gasteiger partial charge in [-0.1, -0.05) is 48.5 Å². The number of carbonyl (C=O) groups excluding carboxylic acids is 1. The predicted molar refractivity (Wildman–Crippen MR) is 112 cm³/mol. The molecular weight excluding hydrogens is 360 g/mol. The molecule has 3 aromatic rings. The highest BCUT2D eigenvalue weighted by Crippen LogP contribution is 2.27. The molecule has 0 amide bonds. The van der Waals surface area contributed by atoms with E-state index in [0.29, 0.717) is 6.42 Å². The number of hydrogen-bond acceptors (Lipinski definition) is 4. The van der Waals surface area contributed by atoms with Gasteiger partial charge in [-0.3, -0.25) is 4.79 Å². The zero-order valence-corrected chi connectivity index (χ0v) is 16.2. The molecule has 0 fully saturated rings. The topological polar surface area (TPSA) is 26.3 Å². The molecule has 0 N–H and O–H groups in total. The van der Waals surface area contributed by atoms with E-state index in [1.54, 1.807) is 11.8 Å². The van der Waals surface area contributed by atoms with Gasteiger partial charge < -0.3 is 4.74 Å². The number of hydrogen-bond donors (Lipinski definition) is 1. The molecule has 0 aliphatic heterocycles. The third-order valence-corrected chi connectivity index (χ3v) is 5.39. The molecule has 0 atom stereocenters. The molecule has 26 heavy (non-hydrogen) atoms. The number of methoxy groups -OCH3 is 1. The summed E-state index contributed by atoms with van der Waals surface area (Å²) in [5, 5.41) is 0. The van der Waals surface area contributed by atoms with Crippen molar-refractivity contribution < 1.29 is 9.53 Å². The Morgan fingerprint density at radius 1 is 0.808 bits per heavy atom. The van der Waals surface area contributed by atoms with Gasteiger partial charge in [-0.05, 0) is 46.5 Å². The summed E-state index contributed by atoms with van der Waals surface area (Å²) < 4.78 is 4.66. The summed E-state index contributed by atoms with van der Waals surface area (Å²) in [6.07, 6.45) is 0.429. The molecule has 0 bridgehead atoms. The number of carbonyl (C=O) groups is 1. The Kier molecular flexibility index (Phi) is 6.42. The van der Waals surface area contributed by atoms with Gasteiger partial charge >= 0.3 is 5.97 Å². The number of rotatable bonds is 6. The molecule has 4 heteroatoms. The molecule has 2 nitrogen and oxygen atoms in total. The van der Waals surface area contributed by atoms with Crippen molar-refractivity contribution in [2.24, 2.45) is 0 Å². The fourth-order valence-corrected chi connectivity index (χ4v) is 3.59. The van der Waals surface area contributed by atoms with Crippen molar-refractivity contribution in [3.05, 3.63) is 72.8 Å². The first kappa shape index (κ1) is 18.6. The van der Waals surface area contributed by atoms with Crippen LogP contribution in [0.4, 0.5) is 0 Å². The van der Waals surface area contributed by atoms with Crippen LogP contribution in [-0.2, 0) is 9.53 Å². The van der Waals surface area contributed by atoms with Gasteiger partial charge in [0.2, 0.25) is 0 Å². The molecule has 0 aliphatic carbocycles. The molecule has 0 spiro atoms. The van der Waals surface area contributed by atoms with Crippen molar-refractivity contribution >= 4 is 30.4 Å². The van der Waals surface area contributed by atoms with Gasteiger partial charge in [0.1, 0.15) is 0 Å². The van der Waals surface area contributed by atoms with Gasteiger partial charge in [0.05, 0.1) is 13.5 Å². The van der Waals surface area contributed by atoms with E-state index in [1.165, 1.54) is 29.4 Å². The number of thiol groups is 1. The normalized spacial score (nSPS) is 10.5. The summed E-state index contributed by atoms with van der Waals surface area (Å²) in [4.78, 5) is 13.3. The standard InChI is InChI=1S/C22H20O2S2/c1-24-22(23)14-15-26-21-12-8-19(9-13-21)17-4-2-16(3-5-17)18-6-10-20(25)11-7-18/h2-13,25H,14-15H2,1H3. The molecule has 0 heterocycles. The lowest BCUT2D eigenvalue weighted by Crippen LogP contribution is -2.00. The van der Waals surface area contributed by atoms with E-state index in [4.69, 9.17) is 0 Å². The van der Waals surface area contributed by atoms with Gasteiger partial charge in [-0.2, -0.15) is 0 Å². The lowest BCUT2D eigenvalue weighted by atomic mass is 10.0. The quantitative estimate of drug-likeness (QED) is 0.324. The highest BCUT2D eigenvalue weighted by Gasteiger charge is 2.03. The van der Waals surface area contributed by atoms with Crippen molar-refractivity contribution in [2.75, 3.05) is 12.9 Å². The Balaban J connectivity index is 1.65. The van der Waals surface area contributed by atoms with Gasteiger partial charge in [-0.15, -0.1) is 24.4 Å². The molecule has 0 unspecified atom stereocenters. The minimum Gasteiger partial charge on any atom is -0.469 e. The van der Waals surface area contributed by atoms with Gasteiger partial charge in [-0.25, -0.2) is 0 Å². The number of ether oxygens (including phenoxy) is 1. The van der Waals surface area contributed by atoms with Crippen molar-refractivity contribution in [2.45, 2.75) is 16.2 Å². The third kappa shape index (κ3) is 4.93. The van der Waals surface area contributed by atoms with E-state index < -0.39 is 0 Å². The summed E-state index contributed by atoms with van der Waals surface area (Å²) >= 11 is 5.99. The Hall–Kier alpha value is -2.17. The van der Waals surface area contributed by atoms with Crippen molar-refractivity contribution in [1.29, 1.82) is 0 Å². The monoisotopic (exact) mass is 380 g/mol. The second-order valence-electron chi connectivity index (χ2n) is 5.82. The molecule has 0 aromatic heterocycles. The lowest BCUT2D eigenvalue weighted by molar-refractivity contribution is -0.140. The van der Waals surface area contributed by atoms with Crippen LogP contribution in [0.5, 0.6) is 0 Å². The summed E-state index contributed by atoms with van der Waals surface area (Å²) in [5.74, 6) is 0.560. The van der Waals surface area contributed by atoms with Crippen LogP contribution in [-0.4, -0.2) is 18.8 Å². The van der Waals surface area contributed by atoms with Gasteiger partial charge in [0.15, 0.2) is 0 Å². The zero-order valence-electron chi connectivity index (χ0n) is 14.5. The first-order valence-electron chi connectivity index (χ1n) is 8.35. The largest absolute Gasteiger partial charge is 0.469 e. The Morgan fingerprint density at radius 2 is 1.23 bits per heavy atom. The van der Waals surface area contributed by atoms with E-state index in [2.05, 4.69) is 78.0 Å². The molecule has 132 valence electrons. The molecule has 0 saturated heterocycles. The molecule has 3 rings (SSSR count). The summed E-state index contributed by atoms with van der Waals surface area (Å²) in [7, 11) is 1.42. The maximum atomic E-state index is 11.1. The highest BCUT2D eigenvalue weighted by molar-refractivity contribution is 7.99. The lowest BCUT2D eigenvalue weighted by Gasteiger charge is -2.07. The Labute approximate surface area is 164 Å². The van der Waals surface area contributed by atoms with Gasteiger partial charge in [0, 0.05) is 15.5 Å². The van der Waals surface area contributed by atoms with Crippen LogP contribution >= 0.6 is 24.4 Å². The Morgan fingerprint density at radius 3 is 1.69 bits per heavy atom. The minimum atomic E-state index is -0.168. The van der Waals surface area contributed by atoms with E-state index in [0.717, 1.165) is 15.5 Å². The maximum absolute atomic E-state index is 11.1. The second-order valence-corrected chi connectivity index (χ2v) is 7.51. The first-order valence-corrected chi connectivity index (χ1v) is 9.78. The van der Waals surface area contributed by atoms with Crippen LogP contribution in [0.1, 0.15) is 6.42 Å². The number of esters is 1. The maximum Gasteiger partial charge on any atom is 0.306 e. The number of benzene rings is 3. The summed E-state index contributed by atoms with van der Waals surface area (Å²) in [6.45, 7) is 0. The predicted octanol–water partition coefficient (Wildman–Crippen LogP) is 5.96. The van der Waals surface area contributed by atoms with E-state index in [9.17, 15) is 4.79 Å². The summed E-state index contributed by atoms with van der Waals surface area (Å²) in [5.41, 5.74) is 4.74. The van der Waals surface area contributed by atoms with Crippen LogP contribution < -0.4 is 0 Å². The second kappa shape index (κ2) is 8.97. The fourth-order valence-electron chi connectivity index (χ4n) is 2.61. The van der Waals surface area contributed by atoms with Crippen LogP contribution in [0.15, 0.2) is 82.6 Å². The van der Waals surface area contributed by atoms with E-state index >= 15 is 0 Å². The fraction of sp³-hybridized carbons (Fsp3) is 0.136. The van der Waals surface area contributed by atoms with Crippen molar-refractivity contribution in [3.63, 3.8) is 0 Å². The van der Waals surface area contributed by atoms with Crippen LogP contribution in [0.3, 0.4) is 0 Å². The number of thioether (sulfide) groups is 1. The Bertz CT molecular complexity index is 854. The molecule has 3 aromatic carbocycles. The molecule has 0 aliphatic rings. The van der Waals surface area contributed by atoms with E-state index in [1.807, 2.05) is 12.1 Å². The smallest absolute Gasteiger partial charge is 0.306 e. The average molecular weight is 381 g/mol. The molecule has 0 radical (unpaired) electrons. The zero-order chi connectivity index (χ0) is 18.4. The van der Waals surface area contributed by atoms with Gasteiger partial charge in [0.25, 0.3) is 0 Å². The first-order chi connectivity index (χ1) is 12.7. The summed E-state index contributed by atoms with van der Waals surface area (Å²) in [6, 6.07) is 25.2. The van der Waals surface area contributed by atoms with Crippen LogP contribution in [0, 0.1) is 0 Å². The molecule has 0 saturated carbocycles. The van der Waals surface area contributed by atoms with Crippen molar-refractivity contribution in [1.82, 2.24) is 0 Å². The average Bonchev–Trinajstić information content (AvgIpc) is 2.69. The third-order valence-electron chi connectivity index (χ3n) is 4.08. The van der Waals surface area contributed by atoms with Crippen molar-refractivity contribution in [3.8, 4) is 22.3 Å². The minimum absolute atomic E-state index is 0.168. The van der Waals surface area contributed by atoms with Crippen LogP contribution in [0.2, 0.25) is 0 Å². The molecular formula is C22H20O2S2. The SMILES string of the molecule is COC(=O)CCSc1ccc(-c2ccc(-c3ccc(S)cc3)cc2)cc1. The van der Waals surface area contributed by atoms with E-state index in [-0.39, 0.29) is 5.97 Å².